The Bertz CT molecular complexity index is 682. The minimum Gasteiger partial charge on any atom is -0.201 e. The molecule has 2 heterocycles. The van der Waals surface area contributed by atoms with E-state index in [1.807, 2.05) is 11.3 Å². The highest BCUT2D eigenvalue weighted by Gasteiger charge is 2.17. The first-order chi connectivity index (χ1) is 8.27. The lowest BCUT2D eigenvalue weighted by Gasteiger charge is -1.99. The summed E-state index contributed by atoms with van der Waals surface area (Å²) >= 11 is 1.87. The third-order valence-corrected chi connectivity index (χ3v) is 4.17. The summed E-state index contributed by atoms with van der Waals surface area (Å²) in [6, 6.07) is 15.0. The van der Waals surface area contributed by atoms with Crippen LogP contribution in [0.2, 0.25) is 0 Å². The molecule has 0 aliphatic heterocycles. The summed E-state index contributed by atoms with van der Waals surface area (Å²) < 4.78 is 3.55. The maximum absolute atomic E-state index is 2.21. The second kappa shape index (κ2) is 3.97. The van der Waals surface area contributed by atoms with Crippen LogP contribution in [0, 0.1) is 6.92 Å². The molecule has 0 N–H and O–H groups in total. The number of pyridine rings is 1. The number of aromatic nitrogens is 1. The molecule has 17 heavy (non-hydrogen) atoms. The Morgan fingerprint density at radius 1 is 1.00 bits per heavy atom. The first kappa shape index (κ1) is 10.5. The third-order valence-electron chi connectivity index (χ3n) is 3.08. The molecule has 0 atom stereocenters. The van der Waals surface area contributed by atoms with Gasteiger partial charge in [0.2, 0.25) is 5.69 Å². The molecule has 0 unspecified atom stereocenters. The zero-order valence-electron chi connectivity index (χ0n) is 9.97. The van der Waals surface area contributed by atoms with Crippen LogP contribution in [0.1, 0.15) is 4.88 Å². The SMILES string of the molecule is Cc1sc2ccccc2c1-c1cccc[n+]1C. The van der Waals surface area contributed by atoms with E-state index in [0.717, 1.165) is 0 Å². The monoisotopic (exact) mass is 240 g/mol. The molecule has 2 heteroatoms. The predicted octanol–water partition coefficient (Wildman–Crippen LogP) is 3.70. The van der Waals surface area contributed by atoms with Gasteiger partial charge in [0.25, 0.3) is 0 Å². The van der Waals surface area contributed by atoms with E-state index in [4.69, 9.17) is 0 Å². The minimum atomic E-state index is 1.28. The van der Waals surface area contributed by atoms with Gasteiger partial charge in [-0.15, -0.1) is 11.3 Å². The lowest BCUT2D eigenvalue weighted by molar-refractivity contribution is -0.660. The molecule has 0 bridgehead atoms. The molecule has 3 rings (SSSR count). The van der Waals surface area contributed by atoms with Gasteiger partial charge < -0.3 is 0 Å². The van der Waals surface area contributed by atoms with Gasteiger partial charge in [-0.25, -0.2) is 4.57 Å². The lowest BCUT2D eigenvalue weighted by Crippen LogP contribution is -2.29. The van der Waals surface area contributed by atoms with E-state index in [1.165, 1.54) is 26.2 Å². The highest BCUT2D eigenvalue weighted by molar-refractivity contribution is 7.19. The largest absolute Gasteiger partial charge is 0.213 e. The van der Waals surface area contributed by atoms with Crippen molar-refractivity contribution >= 4 is 21.4 Å². The lowest BCUT2D eigenvalue weighted by atomic mass is 10.1. The van der Waals surface area contributed by atoms with Gasteiger partial charge in [-0.2, -0.15) is 0 Å². The Hall–Kier alpha value is -1.67. The highest BCUT2D eigenvalue weighted by Crippen LogP contribution is 2.36. The number of fused-ring (bicyclic) bond motifs is 1. The summed E-state index contributed by atoms with van der Waals surface area (Å²) in [5.41, 5.74) is 2.65. The molecular weight excluding hydrogens is 226 g/mol. The summed E-state index contributed by atoms with van der Waals surface area (Å²) in [6.45, 7) is 2.20. The molecule has 0 saturated heterocycles. The fraction of sp³-hybridized carbons (Fsp3) is 0.133. The molecule has 0 saturated carbocycles. The average molecular weight is 240 g/mol. The van der Waals surface area contributed by atoms with Crippen molar-refractivity contribution in [3.05, 3.63) is 53.5 Å². The zero-order chi connectivity index (χ0) is 11.8. The molecule has 0 aliphatic rings. The van der Waals surface area contributed by atoms with Crippen molar-refractivity contribution in [2.24, 2.45) is 7.05 Å². The van der Waals surface area contributed by atoms with Crippen molar-refractivity contribution in [1.29, 1.82) is 0 Å². The van der Waals surface area contributed by atoms with Crippen LogP contribution in [0.25, 0.3) is 21.3 Å². The van der Waals surface area contributed by atoms with E-state index in [0.29, 0.717) is 0 Å². The molecule has 0 fully saturated rings. The number of hydrogen-bond donors (Lipinski definition) is 0. The Labute approximate surface area is 105 Å². The number of hydrogen-bond acceptors (Lipinski definition) is 1. The van der Waals surface area contributed by atoms with Gasteiger partial charge in [0.05, 0.1) is 5.56 Å². The molecule has 0 aliphatic carbocycles. The number of aryl methyl sites for hydroxylation is 2. The van der Waals surface area contributed by atoms with E-state index in [9.17, 15) is 0 Å². The van der Waals surface area contributed by atoms with Crippen LogP contribution in [0.4, 0.5) is 0 Å². The van der Waals surface area contributed by atoms with Crippen molar-refractivity contribution in [1.82, 2.24) is 0 Å². The number of rotatable bonds is 1. The molecule has 0 amide bonds. The van der Waals surface area contributed by atoms with Gasteiger partial charge in [0.15, 0.2) is 6.20 Å². The van der Waals surface area contributed by atoms with E-state index in [2.05, 4.69) is 67.2 Å². The van der Waals surface area contributed by atoms with Gasteiger partial charge in [0.1, 0.15) is 7.05 Å². The summed E-state index contributed by atoms with van der Waals surface area (Å²) in [7, 11) is 2.10. The first-order valence-corrected chi connectivity index (χ1v) is 6.52. The minimum absolute atomic E-state index is 1.28. The van der Waals surface area contributed by atoms with Crippen LogP contribution in [0.3, 0.4) is 0 Å². The topological polar surface area (TPSA) is 3.88 Å². The van der Waals surface area contributed by atoms with Gasteiger partial charge in [0, 0.05) is 27.1 Å². The fourth-order valence-electron chi connectivity index (χ4n) is 2.27. The summed E-state index contributed by atoms with van der Waals surface area (Å²) in [4.78, 5) is 1.38. The molecule has 2 aromatic heterocycles. The fourth-order valence-corrected chi connectivity index (χ4v) is 3.34. The Balaban J connectivity index is 2.38. The molecule has 84 valence electrons. The zero-order valence-corrected chi connectivity index (χ0v) is 10.8. The number of benzene rings is 1. The second-order valence-corrected chi connectivity index (χ2v) is 5.48. The van der Waals surface area contributed by atoms with Gasteiger partial charge in [-0.3, -0.25) is 0 Å². The van der Waals surface area contributed by atoms with Crippen LogP contribution in [-0.2, 0) is 7.05 Å². The maximum Gasteiger partial charge on any atom is 0.213 e. The van der Waals surface area contributed by atoms with Crippen LogP contribution >= 0.6 is 11.3 Å². The molecule has 3 aromatic rings. The summed E-state index contributed by atoms with van der Waals surface area (Å²) in [5, 5.41) is 1.36. The third kappa shape index (κ3) is 1.65. The molecule has 1 aromatic carbocycles. The number of nitrogens with zero attached hydrogens (tertiary/aromatic N) is 1. The van der Waals surface area contributed by atoms with Crippen LogP contribution in [-0.4, -0.2) is 0 Å². The van der Waals surface area contributed by atoms with Crippen molar-refractivity contribution in [2.75, 3.05) is 0 Å². The smallest absolute Gasteiger partial charge is 0.201 e. The van der Waals surface area contributed by atoms with E-state index in [-0.39, 0.29) is 0 Å². The van der Waals surface area contributed by atoms with Gasteiger partial charge in [-0.1, -0.05) is 18.2 Å². The van der Waals surface area contributed by atoms with Gasteiger partial charge in [-0.05, 0) is 19.1 Å². The second-order valence-electron chi connectivity index (χ2n) is 4.23. The maximum atomic E-state index is 2.21. The number of thiophene rings is 1. The van der Waals surface area contributed by atoms with E-state index < -0.39 is 0 Å². The first-order valence-electron chi connectivity index (χ1n) is 5.70. The Kier molecular flexibility index (Phi) is 2.45. The Morgan fingerprint density at radius 3 is 2.59 bits per heavy atom. The van der Waals surface area contributed by atoms with Crippen molar-refractivity contribution in [2.45, 2.75) is 6.92 Å². The summed E-state index contributed by atoms with van der Waals surface area (Å²) in [5.74, 6) is 0. The quantitative estimate of drug-likeness (QED) is 0.571. The van der Waals surface area contributed by atoms with Crippen molar-refractivity contribution in [3.63, 3.8) is 0 Å². The predicted molar refractivity (Wildman–Crippen MR) is 73.2 cm³/mol. The van der Waals surface area contributed by atoms with Crippen molar-refractivity contribution in [3.8, 4) is 11.3 Å². The van der Waals surface area contributed by atoms with E-state index in [1.54, 1.807) is 0 Å². The average Bonchev–Trinajstić information content (AvgIpc) is 2.66. The normalized spacial score (nSPS) is 10.9. The molecule has 0 spiro atoms. The van der Waals surface area contributed by atoms with Gasteiger partial charge >= 0.3 is 0 Å². The van der Waals surface area contributed by atoms with Crippen molar-refractivity contribution < 1.29 is 4.57 Å². The summed E-state index contributed by atoms with van der Waals surface area (Å²) in [6.07, 6.45) is 2.10. The Morgan fingerprint density at radius 2 is 1.76 bits per heavy atom. The van der Waals surface area contributed by atoms with E-state index >= 15 is 0 Å². The molecule has 1 nitrogen and oxygen atoms in total. The molecule has 0 radical (unpaired) electrons. The highest BCUT2D eigenvalue weighted by atomic mass is 32.1. The van der Waals surface area contributed by atoms with Crippen LogP contribution in [0.5, 0.6) is 0 Å². The molecular formula is C15H14NS+. The standard InChI is InChI=1S/C15H14NS/c1-11-15(13-8-5-6-10-16(13)2)12-7-3-4-9-14(12)17-11/h3-10H,1-2H3/q+1. The van der Waals surface area contributed by atoms with Crippen LogP contribution < -0.4 is 4.57 Å². The van der Waals surface area contributed by atoms with Crippen LogP contribution in [0.15, 0.2) is 48.7 Å².